The van der Waals surface area contributed by atoms with Crippen molar-refractivity contribution in [1.82, 2.24) is 0 Å². The number of hydrogen-bond donors (Lipinski definition) is 3. The lowest BCUT2D eigenvalue weighted by molar-refractivity contribution is -0.116. The lowest BCUT2D eigenvalue weighted by Gasteiger charge is -2.16. The highest BCUT2D eigenvalue weighted by atomic mass is 16.5. The Morgan fingerprint density at radius 3 is 2.17 bits per heavy atom. The third-order valence-electron chi connectivity index (χ3n) is 3.32. The molecule has 1 atom stereocenters. The Hall–Kier alpha value is -3.02. The molecule has 2 aromatic carbocycles. The molecule has 0 aliphatic heterocycles. The van der Waals surface area contributed by atoms with Crippen LogP contribution in [0.25, 0.3) is 0 Å². The Balaban J connectivity index is 1.94. The topological polar surface area (TPSA) is 79.5 Å². The molecule has 0 bridgehead atoms. The van der Waals surface area contributed by atoms with Gasteiger partial charge in [-0.05, 0) is 43.3 Å². The van der Waals surface area contributed by atoms with Crippen LogP contribution in [0, 0.1) is 0 Å². The predicted molar refractivity (Wildman–Crippen MR) is 95.5 cm³/mol. The fraction of sp³-hybridized carbons (Fsp3) is 0.222. The van der Waals surface area contributed by atoms with Gasteiger partial charge in [-0.15, -0.1) is 0 Å². The molecule has 0 saturated heterocycles. The average Bonchev–Trinajstić information content (AvgIpc) is 2.56. The molecule has 0 aliphatic carbocycles. The zero-order valence-corrected chi connectivity index (χ0v) is 13.9. The Kier molecular flexibility index (Phi) is 5.78. The molecule has 0 unspecified atom stereocenters. The zero-order valence-electron chi connectivity index (χ0n) is 13.9. The van der Waals surface area contributed by atoms with Gasteiger partial charge in [0, 0.05) is 30.1 Å². The van der Waals surface area contributed by atoms with Crippen molar-refractivity contribution in [3.8, 4) is 5.75 Å². The molecule has 0 spiro atoms. The quantitative estimate of drug-likeness (QED) is 0.762. The summed E-state index contributed by atoms with van der Waals surface area (Å²) < 4.78 is 5.16. The highest BCUT2D eigenvalue weighted by molar-refractivity contribution is 5.96. The SMILES string of the molecule is COc1cccc(N[C@H](C)C(=O)Nc2ccc(NC(C)=O)cc2)c1. The Morgan fingerprint density at radius 1 is 0.958 bits per heavy atom. The van der Waals surface area contributed by atoms with Crippen LogP contribution in [0.1, 0.15) is 13.8 Å². The van der Waals surface area contributed by atoms with E-state index < -0.39 is 6.04 Å². The molecule has 0 aromatic heterocycles. The molecule has 0 saturated carbocycles. The molecule has 2 rings (SSSR count). The summed E-state index contributed by atoms with van der Waals surface area (Å²) >= 11 is 0. The van der Waals surface area contributed by atoms with Crippen LogP contribution in [0.4, 0.5) is 17.1 Å². The summed E-state index contributed by atoms with van der Waals surface area (Å²) in [5, 5.41) is 8.63. The van der Waals surface area contributed by atoms with Gasteiger partial charge in [-0.2, -0.15) is 0 Å². The van der Waals surface area contributed by atoms with Gasteiger partial charge in [-0.1, -0.05) is 6.07 Å². The number of methoxy groups -OCH3 is 1. The molecule has 6 heteroatoms. The number of benzene rings is 2. The van der Waals surface area contributed by atoms with Gasteiger partial charge in [-0.25, -0.2) is 0 Å². The van der Waals surface area contributed by atoms with E-state index in [9.17, 15) is 9.59 Å². The summed E-state index contributed by atoms with van der Waals surface area (Å²) in [6, 6.07) is 13.9. The van der Waals surface area contributed by atoms with Crippen LogP contribution < -0.4 is 20.7 Å². The first-order chi connectivity index (χ1) is 11.5. The van der Waals surface area contributed by atoms with Gasteiger partial charge >= 0.3 is 0 Å². The number of carbonyl (C=O) groups excluding carboxylic acids is 2. The van der Waals surface area contributed by atoms with E-state index in [0.717, 1.165) is 11.4 Å². The number of ether oxygens (including phenoxy) is 1. The van der Waals surface area contributed by atoms with Crippen molar-refractivity contribution in [2.24, 2.45) is 0 Å². The van der Waals surface area contributed by atoms with Crippen LogP contribution in [0.5, 0.6) is 5.75 Å². The maximum absolute atomic E-state index is 12.3. The minimum absolute atomic E-state index is 0.136. The largest absolute Gasteiger partial charge is 0.497 e. The summed E-state index contributed by atoms with van der Waals surface area (Å²) in [7, 11) is 1.60. The highest BCUT2D eigenvalue weighted by Gasteiger charge is 2.13. The number of hydrogen-bond acceptors (Lipinski definition) is 4. The van der Waals surface area contributed by atoms with Gasteiger partial charge < -0.3 is 20.7 Å². The number of rotatable bonds is 6. The zero-order chi connectivity index (χ0) is 17.5. The molecular formula is C18H21N3O3. The van der Waals surface area contributed by atoms with Gasteiger partial charge in [0.15, 0.2) is 0 Å². The number of anilines is 3. The number of nitrogens with one attached hydrogen (secondary N) is 3. The number of amides is 2. The highest BCUT2D eigenvalue weighted by Crippen LogP contribution is 2.18. The molecule has 126 valence electrons. The van der Waals surface area contributed by atoms with E-state index in [4.69, 9.17) is 4.74 Å². The normalized spacial score (nSPS) is 11.3. The van der Waals surface area contributed by atoms with Gasteiger partial charge in [0.1, 0.15) is 11.8 Å². The maximum atomic E-state index is 12.3. The number of carbonyl (C=O) groups is 2. The minimum Gasteiger partial charge on any atom is -0.497 e. The molecular weight excluding hydrogens is 306 g/mol. The minimum atomic E-state index is -0.424. The first kappa shape index (κ1) is 17.3. The van der Waals surface area contributed by atoms with E-state index in [-0.39, 0.29) is 11.8 Å². The van der Waals surface area contributed by atoms with E-state index >= 15 is 0 Å². The van der Waals surface area contributed by atoms with Crippen molar-refractivity contribution in [2.45, 2.75) is 19.9 Å². The summed E-state index contributed by atoms with van der Waals surface area (Å²) in [6.45, 7) is 3.22. The van der Waals surface area contributed by atoms with E-state index in [1.807, 2.05) is 24.3 Å². The lowest BCUT2D eigenvalue weighted by atomic mass is 10.2. The van der Waals surface area contributed by atoms with Crippen molar-refractivity contribution < 1.29 is 14.3 Å². The van der Waals surface area contributed by atoms with Crippen molar-refractivity contribution in [1.29, 1.82) is 0 Å². The monoisotopic (exact) mass is 327 g/mol. The van der Waals surface area contributed by atoms with Crippen LogP contribution in [-0.4, -0.2) is 25.0 Å². The van der Waals surface area contributed by atoms with Crippen molar-refractivity contribution >= 4 is 28.9 Å². The molecule has 6 nitrogen and oxygen atoms in total. The van der Waals surface area contributed by atoms with Crippen LogP contribution >= 0.6 is 0 Å². The third-order valence-corrected chi connectivity index (χ3v) is 3.32. The predicted octanol–water partition coefficient (Wildman–Crippen LogP) is 3.09. The van der Waals surface area contributed by atoms with Crippen molar-refractivity contribution in [2.75, 3.05) is 23.1 Å². The fourth-order valence-corrected chi connectivity index (χ4v) is 2.12. The smallest absolute Gasteiger partial charge is 0.246 e. The third kappa shape index (κ3) is 5.01. The van der Waals surface area contributed by atoms with Crippen molar-refractivity contribution in [3.63, 3.8) is 0 Å². The Labute approximate surface area is 141 Å². The summed E-state index contributed by atoms with van der Waals surface area (Å²) in [5.41, 5.74) is 2.15. The van der Waals surface area contributed by atoms with Crippen LogP contribution in [0.2, 0.25) is 0 Å². The summed E-state index contributed by atoms with van der Waals surface area (Å²) in [5.74, 6) is 0.425. The maximum Gasteiger partial charge on any atom is 0.246 e. The second-order valence-electron chi connectivity index (χ2n) is 5.35. The molecule has 3 N–H and O–H groups in total. The molecule has 0 aliphatic rings. The average molecular weight is 327 g/mol. The summed E-state index contributed by atoms with van der Waals surface area (Å²) in [6.07, 6.45) is 0. The van der Waals surface area contributed by atoms with Crippen molar-refractivity contribution in [3.05, 3.63) is 48.5 Å². The molecule has 0 heterocycles. The first-order valence-corrected chi connectivity index (χ1v) is 7.57. The Bertz CT molecular complexity index is 714. The van der Waals surface area contributed by atoms with E-state index in [2.05, 4.69) is 16.0 Å². The van der Waals surface area contributed by atoms with Crippen LogP contribution in [-0.2, 0) is 9.59 Å². The van der Waals surface area contributed by atoms with Gasteiger partial charge in [0.25, 0.3) is 0 Å². The molecule has 24 heavy (non-hydrogen) atoms. The lowest BCUT2D eigenvalue weighted by Crippen LogP contribution is -2.31. The van der Waals surface area contributed by atoms with Crippen LogP contribution in [0.3, 0.4) is 0 Å². The summed E-state index contributed by atoms with van der Waals surface area (Å²) in [4.78, 5) is 23.2. The van der Waals surface area contributed by atoms with Gasteiger partial charge in [-0.3, -0.25) is 9.59 Å². The van der Waals surface area contributed by atoms with E-state index in [0.29, 0.717) is 11.4 Å². The first-order valence-electron chi connectivity index (χ1n) is 7.57. The molecule has 2 amide bonds. The second-order valence-corrected chi connectivity index (χ2v) is 5.35. The molecule has 0 radical (unpaired) electrons. The van der Waals surface area contributed by atoms with E-state index in [1.54, 1.807) is 38.3 Å². The van der Waals surface area contributed by atoms with E-state index in [1.165, 1.54) is 6.92 Å². The molecule has 0 fully saturated rings. The Morgan fingerprint density at radius 2 is 1.58 bits per heavy atom. The van der Waals surface area contributed by atoms with Crippen LogP contribution in [0.15, 0.2) is 48.5 Å². The molecule has 2 aromatic rings. The second kappa shape index (κ2) is 8.01. The van der Waals surface area contributed by atoms with Gasteiger partial charge in [0.05, 0.1) is 7.11 Å². The standard InChI is InChI=1S/C18H21N3O3/c1-12(19-16-5-4-6-17(11-16)24-3)18(23)21-15-9-7-14(8-10-15)20-13(2)22/h4-12,19H,1-3H3,(H,20,22)(H,21,23)/t12-/m1/s1. The van der Waals surface area contributed by atoms with Gasteiger partial charge in [0.2, 0.25) is 11.8 Å². The fourth-order valence-electron chi connectivity index (χ4n) is 2.12.